The first kappa shape index (κ1) is 25.3. The van der Waals surface area contributed by atoms with Crippen LogP contribution >= 0.6 is 11.3 Å². The smallest absolute Gasteiger partial charge is 0.279 e. The highest BCUT2D eigenvalue weighted by molar-refractivity contribution is 7.12. The number of hydrazine groups is 1. The van der Waals surface area contributed by atoms with E-state index in [0.717, 1.165) is 5.56 Å². The van der Waals surface area contributed by atoms with Crippen LogP contribution in [-0.4, -0.2) is 29.7 Å². The lowest BCUT2D eigenvalue weighted by molar-refractivity contribution is -0.123. The summed E-state index contributed by atoms with van der Waals surface area (Å²) in [6, 6.07) is 26.7. The number of thiophene rings is 1. The van der Waals surface area contributed by atoms with Crippen molar-refractivity contribution in [3.05, 3.63) is 124 Å². The molecule has 0 saturated carbocycles. The third kappa shape index (κ3) is 6.89. The fourth-order valence-electron chi connectivity index (χ4n) is 3.54. The van der Waals surface area contributed by atoms with Crippen molar-refractivity contribution in [2.45, 2.75) is 12.5 Å². The lowest BCUT2D eigenvalue weighted by Crippen LogP contribution is -2.53. The summed E-state index contributed by atoms with van der Waals surface area (Å²) in [7, 11) is 0. The number of hydrogen-bond acceptors (Lipinski definition) is 5. The van der Waals surface area contributed by atoms with E-state index in [1.165, 1.54) is 11.3 Å². The lowest BCUT2D eigenvalue weighted by Gasteiger charge is -2.20. The van der Waals surface area contributed by atoms with Crippen molar-refractivity contribution in [3.8, 4) is 0 Å². The largest absolute Gasteiger partial charge is 0.340 e. The van der Waals surface area contributed by atoms with Crippen molar-refractivity contribution >= 4 is 40.7 Å². The molecule has 37 heavy (non-hydrogen) atoms. The zero-order valence-electron chi connectivity index (χ0n) is 19.6. The van der Waals surface area contributed by atoms with Gasteiger partial charge in [-0.15, -0.1) is 11.3 Å². The number of hydrogen-bond donors (Lipinski definition) is 4. The second-order valence-electron chi connectivity index (χ2n) is 8.00. The van der Waals surface area contributed by atoms with Gasteiger partial charge in [0.15, 0.2) is 0 Å². The molecule has 1 atom stereocenters. The summed E-state index contributed by atoms with van der Waals surface area (Å²) in [6.45, 7) is 0. The molecule has 4 amide bonds. The van der Waals surface area contributed by atoms with Gasteiger partial charge in [0.25, 0.3) is 23.6 Å². The molecule has 186 valence electrons. The van der Waals surface area contributed by atoms with Gasteiger partial charge < -0.3 is 10.6 Å². The first-order chi connectivity index (χ1) is 18.0. The Morgan fingerprint density at radius 1 is 0.676 bits per heavy atom. The van der Waals surface area contributed by atoms with Crippen LogP contribution in [0.2, 0.25) is 0 Å². The van der Waals surface area contributed by atoms with Crippen LogP contribution in [0.4, 0.5) is 5.69 Å². The van der Waals surface area contributed by atoms with Gasteiger partial charge in [0, 0.05) is 12.0 Å². The summed E-state index contributed by atoms with van der Waals surface area (Å²) in [4.78, 5) is 51.7. The van der Waals surface area contributed by atoms with Crippen molar-refractivity contribution in [3.63, 3.8) is 0 Å². The number of anilines is 1. The van der Waals surface area contributed by atoms with Crippen LogP contribution in [0.3, 0.4) is 0 Å². The summed E-state index contributed by atoms with van der Waals surface area (Å²) in [5.74, 6) is -1.96. The number of carbonyl (C=O) groups excluding carboxylic acids is 4. The maximum Gasteiger partial charge on any atom is 0.279 e. The molecule has 4 aromatic rings. The Labute approximate surface area is 217 Å². The van der Waals surface area contributed by atoms with Gasteiger partial charge in [-0.1, -0.05) is 66.7 Å². The predicted molar refractivity (Wildman–Crippen MR) is 142 cm³/mol. The number of nitrogens with one attached hydrogen (secondary N) is 4. The van der Waals surface area contributed by atoms with Gasteiger partial charge in [-0.05, 0) is 41.3 Å². The average Bonchev–Trinajstić information content (AvgIpc) is 3.48. The van der Waals surface area contributed by atoms with Crippen LogP contribution in [0.25, 0.3) is 0 Å². The standard InChI is InChI=1S/C28H24N4O4S/c33-25(20-12-5-2-6-13-20)29-22-15-8-7-14-21(22)26(34)30-23(18-19-10-3-1-4-11-19)27(35)31-32-28(36)24-16-9-17-37-24/h1-17,23H,18H2,(H,29,33)(H,30,34)(H,31,35)(H,32,36). The average molecular weight is 513 g/mol. The summed E-state index contributed by atoms with van der Waals surface area (Å²) in [5, 5.41) is 7.26. The van der Waals surface area contributed by atoms with E-state index in [2.05, 4.69) is 21.5 Å². The zero-order valence-corrected chi connectivity index (χ0v) is 20.5. The highest BCUT2D eigenvalue weighted by Gasteiger charge is 2.24. The minimum atomic E-state index is -1.00. The predicted octanol–water partition coefficient (Wildman–Crippen LogP) is 3.80. The summed E-state index contributed by atoms with van der Waals surface area (Å²) in [5.41, 5.74) is 6.55. The minimum Gasteiger partial charge on any atom is -0.340 e. The van der Waals surface area contributed by atoms with Gasteiger partial charge in [0.2, 0.25) is 0 Å². The van der Waals surface area contributed by atoms with Crippen LogP contribution in [-0.2, 0) is 11.2 Å². The van der Waals surface area contributed by atoms with E-state index in [1.807, 2.05) is 30.3 Å². The quantitative estimate of drug-likeness (QED) is 0.269. The normalized spacial score (nSPS) is 11.1. The molecule has 0 aliphatic carbocycles. The summed E-state index contributed by atoms with van der Waals surface area (Å²) >= 11 is 1.24. The van der Waals surface area contributed by atoms with Crippen molar-refractivity contribution in [2.24, 2.45) is 0 Å². The third-order valence-electron chi connectivity index (χ3n) is 5.40. The van der Waals surface area contributed by atoms with E-state index in [-0.39, 0.29) is 17.9 Å². The van der Waals surface area contributed by atoms with Crippen molar-refractivity contribution < 1.29 is 19.2 Å². The fraction of sp³-hybridized carbons (Fsp3) is 0.0714. The number of rotatable bonds is 8. The van der Waals surface area contributed by atoms with Gasteiger partial charge in [0.1, 0.15) is 6.04 Å². The molecule has 0 bridgehead atoms. The van der Waals surface area contributed by atoms with Gasteiger partial charge >= 0.3 is 0 Å². The molecule has 0 radical (unpaired) electrons. The van der Waals surface area contributed by atoms with Crippen LogP contribution in [0.15, 0.2) is 102 Å². The molecule has 0 aliphatic heterocycles. The van der Waals surface area contributed by atoms with Gasteiger partial charge in [-0.2, -0.15) is 0 Å². The summed E-state index contributed by atoms with van der Waals surface area (Å²) < 4.78 is 0. The van der Waals surface area contributed by atoms with Crippen molar-refractivity contribution in [1.82, 2.24) is 16.2 Å². The fourth-order valence-corrected chi connectivity index (χ4v) is 4.16. The van der Waals surface area contributed by atoms with Crippen LogP contribution in [0, 0.1) is 0 Å². The molecule has 1 aromatic heterocycles. The van der Waals surface area contributed by atoms with E-state index >= 15 is 0 Å². The Bertz CT molecular complexity index is 1380. The molecule has 0 spiro atoms. The lowest BCUT2D eigenvalue weighted by atomic mass is 10.0. The van der Waals surface area contributed by atoms with E-state index in [1.54, 1.807) is 72.1 Å². The van der Waals surface area contributed by atoms with Crippen LogP contribution in [0.1, 0.15) is 36.0 Å². The molecule has 0 aliphatic rings. The molecule has 8 nitrogen and oxygen atoms in total. The molecule has 4 N–H and O–H groups in total. The van der Waals surface area contributed by atoms with Gasteiger partial charge in [-0.3, -0.25) is 30.0 Å². The SMILES string of the molecule is O=C(Nc1ccccc1C(=O)NC(Cc1ccccc1)C(=O)NNC(=O)c1cccs1)c1ccccc1. The molecule has 0 fully saturated rings. The van der Waals surface area contributed by atoms with Crippen molar-refractivity contribution in [2.75, 3.05) is 5.32 Å². The molecular weight excluding hydrogens is 488 g/mol. The molecule has 1 unspecified atom stereocenters. The number of amides is 4. The van der Waals surface area contributed by atoms with E-state index in [0.29, 0.717) is 16.1 Å². The maximum atomic E-state index is 13.3. The first-order valence-electron chi connectivity index (χ1n) is 11.4. The maximum absolute atomic E-state index is 13.3. The Morgan fingerprint density at radius 3 is 2.05 bits per heavy atom. The zero-order chi connectivity index (χ0) is 26.0. The minimum absolute atomic E-state index is 0.186. The van der Waals surface area contributed by atoms with E-state index in [4.69, 9.17) is 0 Å². The second-order valence-corrected chi connectivity index (χ2v) is 8.95. The van der Waals surface area contributed by atoms with Gasteiger partial charge in [0.05, 0.1) is 16.1 Å². The Balaban J connectivity index is 1.49. The van der Waals surface area contributed by atoms with E-state index in [9.17, 15) is 19.2 Å². The number of para-hydroxylation sites is 1. The highest BCUT2D eigenvalue weighted by atomic mass is 32.1. The molecule has 9 heteroatoms. The third-order valence-corrected chi connectivity index (χ3v) is 6.27. The van der Waals surface area contributed by atoms with Crippen LogP contribution in [0.5, 0.6) is 0 Å². The van der Waals surface area contributed by atoms with Crippen molar-refractivity contribution in [1.29, 1.82) is 0 Å². The Morgan fingerprint density at radius 2 is 1.35 bits per heavy atom. The molecule has 4 rings (SSSR count). The highest BCUT2D eigenvalue weighted by Crippen LogP contribution is 2.17. The Hall–Kier alpha value is -4.76. The molecule has 3 aromatic carbocycles. The molecule has 1 heterocycles. The number of benzene rings is 3. The molecule has 0 saturated heterocycles. The molecular formula is C28H24N4O4S. The second kappa shape index (κ2) is 12.3. The first-order valence-corrected chi connectivity index (χ1v) is 12.3. The topological polar surface area (TPSA) is 116 Å². The van der Waals surface area contributed by atoms with E-state index < -0.39 is 23.8 Å². The van der Waals surface area contributed by atoms with Gasteiger partial charge in [-0.25, -0.2) is 0 Å². The van der Waals surface area contributed by atoms with Crippen LogP contribution < -0.4 is 21.5 Å². The monoisotopic (exact) mass is 512 g/mol. The number of carbonyl (C=O) groups is 4. The summed E-state index contributed by atoms with van der Waals surface area (Å²) in [6.07, 6.45) is 0.186. The Kier molecular flexibility index (Phi) is 8.41.